The number of nitrogens with zero attached hydrogens (tertiary/aromatic N) is 1. The molecular formula is C23H41N7O5S. The molecular weight excluding hydrogens is 486 g/mol. The van der Waals surface area contributed by atoms with Gasteiger partial charge in [0.05, 0.1) is 18.1 Å². The van der Waals surface area contributed by atoms with Gasteiger partial charge in [-0.1, -0.05) is 13.8 Å². The molecule has 9 N–H and O–H groups in total. The Morgan fingerprint density at radius 3 is 2.22 bits per heavy atom. The van der Waals surface area contributed by atoms with Gasteiger partial charge in [-0.25, -0.2) is 9.78 Å². The highest BCUT2D eigenvalue weighted by molar-refractivity contribution is 7.98. The molecule has 1 aromatic rings. The number of aliphatic carboxylic acids is 1. The first-order chi connectivity index (χ1) is 17.1. The van der Waals surface area contributed by atoms with Crippen LogP contribution in [0.25, 0.3) is 0 Å². The van der Waals surface area contributed by atoms with Gasteiger partial charge in [0.2, 0.25) is 17.7 Å². The van der Waals surface area contributed by atoms with Crippen molar-refractivity contribution in [3.05, 3.63) is 18.2 Å². The van der Waals surface area contributed by atoms with E-state index in [1.807, 2.05) is 20.1 Å². The van der Waals surface area contributed by atoms with E-state index < -0.39 is 47.9 Å². The lowest BCUT2D eigenvalue weighted by molar-refractivity contribution is -0.142. The minimum Gasteiger partial charge on any atom is -0.480 e. The van der Waals surface area contributed by atoms with Crippen molar-refractivity contribution in [2.24, 2.45) is 17.4 Å². The van der Waals surface area contributed by atoms with Crippen LogP contribution in [-0.4, -0.2) is 81.5 Å². The highest BCUT2D eigenvalue weighted by Gasteiger charge is 2.31. The van der Waals surface area contributed by atoms with Crippen LogP contribution in [0, 0.1) is 5.92 Å². The van der Waals surface area contributed by atoms with Gasteiger partial charge < -0.3 is 37.5 Å². The maximum absolute atomic E-state index is 13.2. The zero-order valence-electron chi connectivity index (χ0n) is 21.3. The SMILES string of the molecule is CSCC[C@H](N)C(=O)N[C@@H](CCCCN)C(=O)N[C@@H](Cc1c[nH]cn1)C(=O)N[C@@H](CC(C)C)C(=O)O. The van der Waals surface area contributed by atoms with Crippen LogP contribution in [0.4, 0.5) is 0 Å². The molecule has 4 atom stereocenters. The van der Waals surface area contributed by atoms with Crippen molar-refractivity contribution in [2.75, 3.05) is 18.6 Å². The second kappa shape index (κ2) is 16.9. The smallest absolute Gasteiger partial charge is 0.326 e. The first-order valence-electron chi connectivity index (χ1n) is 12.1. The molecule has 12 nitrogen and oxygen atoms in total. The molecule has 0 spiro atoms. The van der Waals surface area contributed by atoms with Gasteiger partial charge in [-0.15, -0.1) is 0 Å². The minimum atomic E-state index is -1.16. The number of rotatable bonds is 18. The number of nitrogens with two attached hydrogens (primary N) is 2. The van der Waals surface area contributed by atoms with Crippen molar-refractivity contribution < 1.29 is 24.3 Å². The Morgan fingerprint density at radius 2 is 1.67 bits per heavy atom. The average molecular weight is 528 g/mol. The molecule has 0 saturated heterocycles. The fraction of sp³-hybridized carbons (Fsp3) is 0.696. The van der Waals surface area contributed by atoms with E-state index in [0.29, 0.717) is 43.7 Å². The van der Waals surface area contributed by atoms with E-state index in [9.17, 15) is 24.3 Å². The second-order valence-corrected chi connectivity index (χ2v) is 10.1. The summed E-state index contributed by atoms with van der Waals surface area (Å²) in [6, 6.07) is -3.90. The lowest BCUT2D eigenvalue weighted by atomic mass is 10.0. The molecule has 0 bridgehead atoms. The summed E-state index contributed by atoms with van der Waals surface area (Å²) in [5.41, 5.74) is 12.0. The summed E-state index contributed by atoms with van der Waals surface area (Å²) in [6.45, 7) is 4.14. The van der Waals surface area contributed by atoms with E-state index in [4.69, 9.17) is 11.5 Å². The van der Waals surface area contributed by atoms with Gasteiger partial charge in [-0.05, 0) is 56.6 Å². The summed E-state index contributed by atoms with van der Waals surface area (Å²) in [5, 5.41) is 17.4. The number of carboxylic acids is 1. The van der Waals surface area contributed by atoms with Crippen LogP contribution in [0.15, 0.2) is 12.5 Å². The lowest BCUT2D eigenvalue weighted by Crippen LogP contribution is -2.57. The van der Waals surface area contributed by atoms with Crippen molar-refractivity contribution in [1.29, 1.82) is 0 Å². The van der Waals surface area contributed by atoms with Crippen LogP contribution >= 0.6 is 11.8 Å². The predicted octanol–water partition coefficient (Wildman–Crippen LogP) is -0.253. The molecule has 0 unspecified atom stereocenters. The summed E-state index contributed by atoms with van der Waals surface area (Å²) in [6.07, 6.45) is 7.21. The first kappa shape index (κ1) is 31.4. The first-order valence-corrected chi connectivity index (χ1v) is 13.5. The van der Waals surface area contributed by atoms with E-state index in [1.54, 1.807) is 18.0 Å². The van der Waals surface area contributed by atoms with Gasteiger partial charge in [-0.2, -0.15) is 11.8 Å². The number of aromatic amines is 1. The number of amides is 3. The van der Waals surface area contributed by atoms with Crippen LogP contribution in [0.5, 0.6) is 0 Å². The standard InChI is InChI=1S/C23H41N7O5S/c1-14(2)10-19(23(34)35)30-22(33)18(11-15-12-26-13-27-15)29-21(32)17(6-4-5-8-24)28-20(31)16(25)7-9-36-3/h12-14,16-19H,4-11,24-25H2,1-3H3,(H,26,27)(H,28,31)(H,29,32)(H,30,33)(H,34,35)/t16-,17-,18-,19-/m0/s1. The van der Waals surface area contributed by atoms with Crippen LogP contribution < -0.4 is 27.4 Å². The maximum atomic E-state index is 13.2. The molecule has 0 aliphatic rings. The summed E-state index contributed by atoms with van der Waals surface area (Å²) >= 11 is 1.56. The van der Waals surface area contributed by atoms with Crippen molar-refractivity contribution in [2.45, 2.75) is 76.5 Å². The third kappa shape index (κ3) is 11.9. The van der Waals surface area contributed by atoms with Crippen LogP contribution in [0.2, 0.25) is 0 Å². The normalized spacial score (nSPS) is 14.5. The van der Waals surface area contributed by atoms with Gasteiger partial charge in [0.1, 0.15) is 18.1 Å². The molecule has 0 fully saturated rings. The summed E-state index contributed by atoms with van der Waals surface area (Å²) in [5.74, 6) is -2.09. The molecule has 3 amide bonds. The Labute approximate surface area is 216 Å². The third-order valence-electron chi connectivity index (χ3n) is 5.47. The zero-order chi connectivity index (χ0) is 27.1. The number of thioether (sulfide) groups is 1. The Balaban J connectivity index is 3.03. The molecule has 13 heteroatoms. The van der Waals surface area contributed by atoms with Crippen LogP contribution in [0.3, 0.4) is 0 Å². The Bertz CT molecular complexity index is 822. The van der Waals surface area contributed by atoms with E-state index >= 15 is 0 Å². The quantitative estimate of drug-likeness (QED) is 0.125. The molecule has 0 saturated carbocycles. The summed E-state index contributed by atoms with van der Waals surface area (Å²) in [7, 11) is 0. The highest BCUT2D eigenvalue weighted by atomic mass is 32.2. The minimum absolute atomic E-state index is 0.0308. The molecule has 0 aliphatic heterocycles. The highest BCUT2D eigenvalue weighted by Crippen LogP contribution is 2.08. The fourth-order valence-corrected chi connectivity index (χ4v) is 3.96. The van der Waals surface area contributed by atoms with Crippen molar-refractivity contribution >= 4 is 35.5 Å². The Kier molecular flexibility index (Phi) is 14.8. The molecule has 0 radical (unpaired) electrons. The van der Waals surface area contributed by atoms with Crippen LogP contribution in [0.1, 0.15) is 51.6 Å². The number of hydrogen-bond acceptors (Lipinski definition) is 8. The fourth-order valence-electron chi connectivity index (χ4n) is 3.47. The predicted molar refractivity (Wildman–Crippen MR) is 139 cm³/mol. The molecule has 36 heavy (non-hydrogen) atoms. The number of nitrogens with one attached hydrogen (secondary N) is 4. The van der Waals surface area contributed by atoms with Gasteiger partial charge in [0.25, 0.3) is 0 Å². The third-order valence-corrected chi connectivity index (χ3v) is 6.12. The maximum Gasteiger partial charge on any atom is 0.326 e. The van der Waals surface area contributed by atoms with E-state index in [0.717, 1.165) is 0 Å². The van der Waals surface area contributed by atoms with Crippen molar-refractivity contribution in [3.8, 4) is 0 Å². The van der Waals surface area contributed by atoms with Crippen molar-refractivity contribution in [1.82, 2.24) is 25.9 Å². The summed E-state index contributed by atoms with van der Waals surface area (Å²) in [4.78, 5) is 57.4. The van der Waals surface area contributed by atoms with Gasteiger partial charge in [-0.3, -0.25) is 14.4 Å². The topological polar surface area (TPSA) is 205 Å². The number of carbonyl (C=O) groups is 4. The number of unbranched alkanes of at least 4 members (excludes halogenated alkanes) is 1. The molecule has 1 rings (SSSR count). The summed E-state index contributed by atoms with van der Waals surface area (Å²) < 4.78 is 0. The zero-order valence-corrected chi connectivity index (χ0v) is 22.1. The van der Waals surface area contributed by atoms with Gasteiger partial charge >= 0.3 is 5.97 Å². The largest absolute Gasteiger partial charge is 0.480 e. The molecule has 0 aromatic carbocycles. The molecule has 1 heterocycles. The molecule has 0 aliphatic carbocycles. The Hall–Kier alpha value is -2.64. The van der Waals surface area contributed by atoms with Crippen LogP contribution in [-0.2, 0) is 25.6 Å². The number of imidazole rings is 1. The van der Waals surface area contributed by atoms with E-state index in [1.165, 1.54) is 6.33 Å². The second-order valence-electron chi connectivity index (χ2n) is 9.09. The number of carboxylic acid groups (broad SMARTS) is 1. The van der Waals surface area contributed by atoms with Gasteiger partial charge in [0, 0.05) is 12.6 Å². The number of carbonyl (C=O) groups excluding carboxylic acids is 3. The van der Waals surface area contributed by atoms with Crippen molar-refractivity contribution in [3.63, 3.8) is 0 Å². The number of hydrogen-bond donors (Lipinski definition) is 7. The van der Waals surface area contributed by atoms with E-state index in [-0.39, 0.29) is 18.8 Å². The molecule has 204 valence electrons. The lowest BCUT2D eigenvalue weighted by Gasteiger charge is -2.25. The monoisotopic (exact) mass is 527 g/mol. The average Bonchev–Trinajstić information content (AvgIpc) is 3.33. The number of H-pyrrole nitrogens is 1. The van der Waals surface area contributed by atoms with E-state index in [2.05, 4.69) is 25.9 Å². The number of aromatic nitrogens is 2. The molecule has 1 aromatic heterocycles. The van der Waals surface area contributed by atoms with Gasteiger partial charge in [0.15, 0.2) is 0 Å². The Morgan fingerprint density at radius 1 is 1.03 bits per heavy atom.